The van der Waals surface area contributed by atoms with Gasteiger partial charge in [0.05, 0.1) is 6.54 Å². The number of cyclic esters (lactones) is 1. The monoisotopic (exact) mass is 392 g/mol. The first-order chi connectivity index (χ1) is 13.4. The molecular weight excluding hydrogens is 377 g/mol. The van der Waals surface area contributed by atoms with Crippen LogP contribution in [-0.2, 0) is 11.2 Å². The number of ether oxygens (including phenoxy) is 2. The molecule has 1 N–H and O–H groups in total. The van der Waals surface area contributed by atoms with E-state index in [1.807, 2.05) is 13.0 Å². The van der Waals surface area contributed by atoms with Gasteiger partial charge in [-0.15, -0.1) is 13.2 Å². The van der Waals surface area contributed by atoms with Crippen molar-refractivity contribution in [2.24, 2.45) is 0 Å². The fraction of sp³-hybridized carbons (Fsp3) is 0.263. The molecule has 1 fully saturated rings. The lowest BCUT2D eigenvalue weighted by molar-refractivity contribution is -0.274. The SMILES string of the molecule is CCc1cc(-c2ccc(OC(F)(F)F)cc2)c2ncoc2c1C1CNC(=O)O1. The van der Waals surface area contributed by atoms with Crippen molar-refractivity contribution in [1.82, 2.24) is 10.3 Å². The van der Waals surface area contributed by atoms with Crippen LogP contribution in [0.4, 0.5) is 18.0 Å². The second-order valence-electron chi connectivity index (χ2n) is 6.23. The number of alkyl halides is 3. The molecule has 1 aromatic heterocycles. The van der Waals surface area contributed by atoms with Gasteiger partial charge in [0.2, 0.25) is 0 Å². The quantitative estimate of drug-likeness (QED) is 0.695. The van der Waals surface area contributed by atoms with Gasteiger partial charge < -0.3 is 19.2 Å². The second kappa shape index (κ2) is 6.74. The highest BCUT2D eigenvalue weighted by Crippen LogP contribution is 2.38. The first-order valence-electron chi connectivity index (χ1n) is 8.55. The third kappa shape index (κ3) is 3.35. The van der Waals surface area contributed by atoms with E-state index in [0.29, 0.717) is 35.2 Å². The summed E-state index contributed by atoms with van der Waals surface area (Å²) in [6, 6.07) is 7.45. The van der Waals surface area contributed by atoms with Gasteiger partial charge in [0.15, 0.2) is 18.1 Å². The molecule has 0 spiro atoms. The lowest BCUT2D eigenvalue weighted by Crippen LogP contribution is -2.16. The molecule has 0 bridgehead atoms. The van der Waals surface area contributed by atoms with Gasteiger partial charge in [0.1, 0.15) is 11.3 Å². The predicted octanol–water partition coefficient (Wildman–Crippen LogP) is 4.74. The van der Waals surface area contributed by atoms with Crippen LogP contribution >= 0.6 is 0 Å². The number of hydrogen-bond donors (Lipinski definition) is 1. The van der Waals surface area contributed by atoms with Crippen molar-refractivity contribution in [2.75, 3.05) is 6.54 Å². The van der Waals surface area contributed by atoms with E-state index in [0.717, 1.165) is 11.1 Å². The van der Waals surface area contributed by atoms with Crippen LogP contribution in [0, 0.1) is 0 Å². The van der Waals surface area contributed by atoms with Crippen molar-refractivity contribution in [3.8, 4) is 16.9 Å². The fourth-order valence-electron chi connectivity index (χ4n) is 3.35. The maximum absolute atomic E-state index is 12.4. The molecule has 1 unspecified atom stereocenters. The summed E-state index contributed by atoms with van der Waals surface area (Å²) in [5.41, 5.74) is 4.05. The molecule has 1 aliphatic rings. The van der Waals surface area contributed by atoms with Crippen LogP contribution in [0.25, 0.3) is 22.2 Å². The Morgan fingerprint density at radius 1 is 1.29 bits per heavy atom. The smallest absolute Gasteiger partial charge is 0.443 e. The fourth-order valence-corrected chi connectivity index (χ4v) is 3.35. The van der Waals surface area contributed by atoms with Gasteiger partial charge in [-0.05, 0) is 35.7 Å². The standard InChI is InChI=1S/C19H15F3N2O4/c1-2-10-7-13(11-3-5-12(6-4-11)28-19(20,21)22)16-17(26-9-24-16)15(10)14-8-23-18(25)27-14/h3-7,9,14H,2,8H2,1H3,(H,23,25). The number of carbonyl (C=O) groups excluding carboxylic acids is 1. The largest absolute Gasteiger partial charge is 0.573 e. The highest BCUT2D eigenvalue weighted by Gasteiger charge is 2.32. The average Bonchev–Trinajstić information content (AvgIpc) is 3.29. The zero-order valence-electron chi connectivity index (χ0n) is 14.7. The summed E-state index contributed by atoms with van der Waals surface area (Å²) in [5, 5.41) is 2.62. The van der Waals surface area contributed by atoms with Crippen molar-refractivity contribution < 1.29 is 31.9 Å². The number of halogens is 3. The van der Waals surface area contributed by atoms with Crippen molar-refractivity contribution >= 4 is 17.2 Å². The summed E-state index contributed by atoms with van der Waals surface area (Å²) < 4.78 is 51.9. The second-order valence-corrected chi connectivity index (χ2v) is 6.23. The van der Waals surface area contributed by atoms with Crippen LogP contribution in [0.5, 0.6) is 5.75 Å². The maximum atomic E-state index is 12.4. The highest BCUT2D eigenvalue weighted by molar-refractivity contribution is 5.94. The number of alkyl carbamates (subject to hydrolysis) is 1. The number of nitrogens with zero attached hydrogens (tertiary/aromatic N) is 1. The molecule has 2 heterocycles. The molecule has 1 atom stereocenters. The van der Waals surface area contributed by atoms with Crippen LogP contribution < -0.4 is 10.1 Å². The van der Waals surface area contributed by atoms with Gasteiger partial charge in [-0.25, -0.2) is 9.78 Å². The number of aromatic nitrogens is 1. The molecule has 1 saturated heterocycles. The molecule has 9 heteroatoms. The molecule has 6 nitrogen and oxygen atoms in total. The Kier molecular flexibility index (Phi) is 4.37. The molecule has 0 saturated carbocycles. The molecule has 146 valence electrons. The number of amides is 1. The molecule has 0 aliphatic carbocycles. The van der Waals surface area contributed by atoms with Gasteiger partial charge in [0, 0.05) is 11.1 Å². The first-order valence-corrected chi connectivity index (χ1v) is 8.55. The van der Waals surface area contributed by atoms with Gasteiger partial charge >= 0.3 is 12.5 Å². The Balaban J connectivity index is 1.78. The van der Waals surface area contributed by atoms with E-state index in [4.69, 9.17) is 9.15 Å². The van der Waals surface area contributed by atoms with E-state index in [9.17, 15) is 18.0 Å². The third-order valence-electron chi connectivity index (χ3n) is 4.51. The molecule has 0 radical (unpaired) electrons. The third-order valence-corrected chi connectivity index (χ3v) is 4.51. The predicted molar refractivity (Wildman–Crippen MR) is 92.7 cm³/mol. The average molecular weight is 392 g/mol. The maximum Gasteiger partial charge on any atom is 0.573 e. The molecule has 4 rings (SSSR count). The molecule has 2 aromatic carbocycles. The molecule has 28 heavy (non-hydrogen) atoms. The number of hydrogen-bond acceptors (Lipinski definition) is 5. The first kappa shape index (κ1) is 18.1. The number of oxazole rings is 1. The molecule has 1 amide bonds. The molecule has 1 aliphatic heterocycles. The van der Waals surface area contributed by atoms with Crippen LogP contribution in [0.3, 0.4) is 0 Å². The van der Waals surface area contributed by atoms with E-state index in [2.05, 4.69) is 15.0 Å². The Bertz CT molecular complexity index is 1030. The van der Waals surface area contributed by atoms with Crippen LogP contribution in [0.15, 0.2) is 41.1 Å². The summed E-state index contributed by atoms with van der Waals surface area (Å²) in [4.78, 5) is 15.7. The van der Waals surface area contributed by atoms with Gasteiger partial charge in [0.25, 0.3) is 0 Å². The van der Waals surface area contributed by atoms with Gasteiger partial charge in [-0.2, -0.15) is 0 Å². The summed E-state index contributed by atoms with van der Waals surface area (Å²) in [5.74, 6) is -0.302. The van der Waals surface area contributed by atoms with E-state index in [-0.39, 0.29) is 5.75 Å². The van der Waals surface area contributed by atoms with Crippen molar-refractivity contribution in [3.05, 3.63) is 47.9 Å². The van der Waals surface area contributed by atoms with Gasteiger partial charge in [-0.1, -0.05) is 19.1 Å². The van der Waals surface area contributed by atoms with E-state index < -0.39 is 18.6 Å². The number of carbonyl (C=O) groups is 1. The van der Waals surface area contributed by atoms with E-state index in [1.165, 1.54) is 30.7 Å². The van der Waals surface area contributed by atoms with Gasteiger partial charge in [-0.3, -0.25) is 0 Å². The van der Waals surface area contributed by atoms with Crippen LogP contribution in [-0.4, -0.2) is 24.0 Å². The summed E-state index contributed by atoms with van der Waals surface area (Å²) in [6.45, 7) is 2.28. The zero-order valence-corrected chi connectivity index (χ0v) is 14.7. The highest BCUT2D eigenvalue weighted by atomic mass is 19.4. The Morgan fingerprint density at radius 3 is 2.64 bits per heavy atom. The topological polar surface area (TPSA) is 73.6 Å². The van der Waals surface area contributed by atoms with E-state index >= 15 is 0 Å². The lowest BCUT2D eigenvalue weighted by Gasteiger charge is -2.16. The van der Waals surface area contributed by atoms with Crippen molar-refractivity contribution in [3.63, 3.8) is 0 Å². The normalized spacial score (nSPS) is 16.9. The summed E-state index contributed by atoms with van der Waals surface area (Å²) >= 11 is 0. The number of benzene rings is 2. The number of nitrogens with one attached hydrogen (secondary N) is 1. The minimum Gasteiger partial charge on any atom is -0.443 e. The lowest BCUT2D eigenvalue weighted by atomic mass is 9.93. The summed E-state index contributed by atoms with van der Waals surface area (Å²) in [7, 11) is 0. The number of aryl methyl sites for hydroxylation is 1. The Labute approximate surface area is 157 Å². The number of rotatable bonds is 4. The Morgan fingerprint density at radius 2 is 2.04 bits per heavy atom. The van der Waals surface area contributed by atoms with E-state index in [1.54, 1.807) is 0 Å². The van der Waals surface area contributed by atoms with Crippen LogP contribution in [0.1, 0.15) is 24.2 Å². The van der Waals surface area contributed by atoms with Crippen LogP contribution in [0.2, 0.25) is 0 Å². The zero-order chi connectivity index (χ0) is 19.9. The molecular formula is C19H15F3N2O4. The minimum absolute atomic E-state index is 0.302. The van der Waals surface area contributed by atoms with Crippen molar-refractivity contribution in [2.45, 2.75) is 25.8 Å². The summed E-state index contributed by atoms with van der Waals surface area (Å²) in [6.07, 6.45) is -3.80. The molecule has 3 aromatic rings. The number of fused-ring (bicyclic) bond motifs is 1. The Hall–Kier alpha value is -3.23. The minimum atomic E-state index is -4.75. The van der Waals surface area contributed by atoms with Crippen molar-refractivity contribution in [1.29, 1.82) is 0 Å².